The van der Waals surface area contributed by atoms with Crippen LogP contribution in [0.15, 0.2) is 0 Å². The van der Waals surface area contributed by atoms with Crippen molar-refractivity contribution in [3.05, 3.63) is 0 Å². The Kier molecular flexibility index (Phi) is 3.43. The van der Waals surface area contributed by atoms with Gasteiger partial charge < -0.3 is 10.6 Å². The van der Waals surface area contributed by atoms with Gasteiger partial charge >= 0.3 is 0 Å². The van der Waals surface area contributed by atoms with Crippen molar-refractivity contribution in [2.75, 3.05) is 19.6 Å². The molecule has 2 nitrogen and oxygen atoms in total. The van der Waals surface area contributed by atoms with Crippen molar-refractivity contribution in [3.63, 3.8) is 0 Å². The van der Waals surface area contributed by atoms with Gasteiger partial charge in [-0.25, -0.2) is 0 Å². The van der Waals surface area contributed by atoms with Gasteiger partial charge in [-0.3, -0.25) is 0 Å². The molecule has 21 heavy (non-hydrogen) atoms. The highest BCUT2D eigenvalue weighted by Gasteiger charge is 2.53. The lowest BCUT2D eigenvalue weighted by atomic mass is 9.48. The lowest BCUT2D eigenvalue weighted by molar-refractivity contribution is -0.0730. The zero-order chi connectivity index (χ0) is 14.7. The fourth-order valence-corrected chi connectivity index (χ4v) is 6.44. The Morgan fingerprint density at radius 1 is 0.952 bits per heavy atom. The van der Waals surface area contributed by atoms with Gasteiger partial charge in [0.1, 0.15) is 0 Å². The molecule has 0 radical (unpaired) electrons. The van der Waals surface area contributed by atoms with Crippen LogP contribution in [-0.4, -0.2) is 30.6 Å². The second kappa shape index (κ2) is 4.96. The van der Waals surface area contributed by atoms with Gasteiger partial charge in [-0.05, 0) is 93.0 Å². The maximum atomic E-state index is 6.83. The molecule has 1 unspecified atom stereocenters. The second-order valence-electron chi connectivity index (χ2n) is 9.85. The Morgan fingerprint density at radius 2 is 1.43 bits per heavy atom. The predicted molar refractivity (Wildman–Crippen MR) is 88.0 cm³/mol. The summed E-state index contributed by atoms with van der Waals surface area (Å²) >= 11 is 0. The van der Waals surface area contributed by atoms with E-state index < -0.39 is 0 Å². The van der Waals surface area contributed by atoms with Crippen LogP contribution < -0.4 is 5.73 Å². The number of piperidine rings is 1. The summed E-state index contributed by atoms with van der Waals surface area (Å²) in [5, 5.41) is 0. The molecule has 0 aromatic heterocycles. The van der Waals surface area contributed by atoms with Gasteiger partial charge in [-0.15, -0.1) is 0 Å². The second-order valence-corrected chi connectivity index (χ2v) is 9.85. The van der Waals surface area contributed by atoms with E-state index in [1.54, 1.807) is 0 Å². The standard InChI is InChI=1S/C19H34N2/c1-18(2)3-5-21(6-4-18)13-17(20)19-10-14-7-15(11-19)9-16(8-14)12-19/h14-17H,3-13,20H2,1-2H3. The van der Waals surface area contributed by atoms with E-state index in [-0.39, 0.29) is 0 Å². The van der Waals surface area contributed by atoms with E-state index in [1.165, 1.54) is 71.0 Å². The average molecular weight is 290 g/mol. The first kappa shape index (κ1) is 14.5. The maximum Gasteiger partial charge on any atom is 0.0225 e. The fourth-order valence-electron chi connectivity index (χ4n) is 6.44. The molecule has 120 valence electrons. The highest BCUT2D eigenvalue weighted by Crippen LogP contribution is 2.61. The molecule has 4 saturated carbocycles. The van der Waals surface area contributed by atoms with Crippen molar-refractivity contribution in [1.82, 2.24) is 4.90 Å². The minimum Gasteiger partial charge on any atom is -0.326 e. The minimum absolute atomic E-state index is 0.437. The monoisotopic (exact) mass is 290 g/mol. The number of likely N-dealkylation sites (tertiary alicyclic amines) is 1. The first-order valence-corrected chi connectivity index (χ1v) is 9.42. The van der Waals surface area contributed by atoms with Gasteiger partial charge in [0.15, 0.2) is 0 Å². The maximum absolute atomic E-state index is 6.83. The Balaban J connectivity index is 1.40. The van der Waals surface area contributed by atoms with Crippen molar-refractivity contribution < 1.29 is 0 Å². The van der Waals surface area contributed by atoms with Crippen molar-refractivity contribution in [1.29, 1.82) is 0 Å². The van der Waals surface area contributed by atoms with Gasteiger partial charge in [-0.2, -0.15) is 0 Å². The molecule has 1 aliphatic heterocycles. The van der Waals surface area contributed by atoms with Crippen LogP contribution in [0.4, 0.5) is 0 Å². The average Bonchev–Trinajstić information content (AvgIpc) is 2.39. The minimum atomic E-state index is 0.437. The van der Waals surface area contributed by atoms with E-state index in [2.05, 4.69) is 18.7 Å². The molecule has 1 atom stereocenters. The third-order valence-corrected chi connectivity index (χ3v) is 7.54. The van der Waals surface area contributed by atoms with Gasteiger partial charge in [0.2, 0.25) is 0 Å². The van der Waals surface area contributed by atoms with E-state index >= 15 is 0 Å². The lowest BCUT2D eigenvalue weighted by Crippen LogP contribution is -2.58. The molecule has 2 heteroatoms. The number of hydrogen-bond donors (Lipinski definition) is 1. The first-order valence-electron chi connectivity index (χ1n) is 9.42. The van der Waals surface area contributed by atoms with Crippen LogP contribution in [0, 0.1) is 28.6 Å². The van der Waals surface area contributed by atoms with Crippen LogP contribution in [0.5, 0.6) is 0 Å². The molecular formula is C19H34N2. The Morgan fingerprint density at radius 3 is 1.90 bits per heavy atom. The topological polar surface area (TPSA) is 29.3 Å². The molecule has 0 aromatic carbocycles. The smallest absolute Gasteiger partial charge is 0.0225 e. The van der Waals surface area contributed by atoms with Crippen molar-refractivity contribution in [3.8, 4) is 0 Å². The molecule has 0 spiro atoms. The largest absolute Gasteiger partial charge is 0.326 e. The molecule has 5 aliphatic rings. The Bertz CT molecular complexity index is 355. The summed E-state index contributed by atoms with van der Waals surface area (Å²) in [5.74, 6) is 3.09. The number of rotatable bonds is 3. The summed E-state index contributed by atoms with van der Waals surface area (Å²) in [5.41, 5.74) is 7.92. The Labute approximate surface area is 130 Å². The van der Waals surface area contributed by atoms with Crippen LogP contribution in [0.3, 0.4) is 0 Å². The highest BCUT2D eigenvalue weighted by atomic mass is 15.1. The van der Waals surface area contributed by atoms with Crippen LogP contribution >= 0.6 is 0 Å². The molecular weight excluding hydrogens is 256 g/mol. The van der Waals surface area contributed by atoms with Gasteiger partial charge in [0.05, 0.1) is 0 Å². The van der Waals surface area contributed by atoms with E-state index in [0.717, 1.165) is 17.8 Å². The molecule has 4 aliphatic carbocycles. The zero-order valence-electron chi connectivity index (χ0n) is 14.1. The lowest BCUT2D eigenvalue weighted by Gasteiger charge is -2.59. The van der Waals surface area contributed by atoms with Crippen molar-refractivity contribution in [2.24, 2.45) is 34.3 Å². The summed E-state index contributed by atoms with van der Waals surface area (Å²) in [6, 6.07) is 0.437. The van der Waals surface area contributed by atoms with Gasteiger partial charge in [0.25, 0.3) is 0 Å². The van der Waals surface area contributed by atoms with Gasteiger partial charge in [0, 0.05) is 12.6 Å². The Hall–Kier alpha value is -0.0800. The number of nitrogens with zero attached hydrogens (tertiary/aromatic N) is 1. The van der Waals surface area contributed by atoms with E-state index in [4.69, 9.17) is 5.73 Å². The van der Waals surface area contributed by atoms with Gasteiger partial charge in [-0.1, -0.05) is 13.8 Å². The molecule has 2 N–H and O–H groups in total. The SMILES string of the molecule is CC1(C)CCN(CC(N)C23CC4CC(CC(C4)C2)C3)CC1. The van der Waals surface area contributed by atoms with Crippen LogP contribution in [0.1, 0.15) is 65.2 Å². The molecule has 1 heterocycles. The molecule has 0 amide bonds. The molecule has 0 aromatic rings. The summed E-state index contributed by atoms with van der Waals surface area (Å²) in [7, 11) is 0. The summed E-state index contributed by atoms with van der Waals surface area (Å²) < 4.78 is 0. The third-order valence-electron chi connectivity index (χ3n) is 7.54. The molecule has 5 rings (SSSR count). The third kappa shape index (κ3) is 2.67. The van der Waals surface area contributed by atoms with Crippen molar-refractivity contribution in [2.45, 2.75) is 71.3 Å². The van der Waals surface area contributed by atoms with Crippen LogP contribution in [0.25, 0.3) is 0 Å². The normalized spacial score (nSPS) is 46.7. The summed E-state index contributed by atoms with van der Waals surface area (Å²) in [6.45, 7) is 8.55. The molecule has 4 bridgehead atoms. The fraction of sp³-hybridized carbons (Fsp3) is 1.00. The number of nitrogens with two attached hydrogens (primary N) is 1. The van der Waals surface area contributed by atoms with E-state index in [0.29, 0.717) is 16.9 Å². The molecule has 1 saturated heterocycles. The van der Waals surface area contributed by atoms with Crippen LogP contribution in [-0.2, 0) is 0 Å². The van der Waals surface area contributed by atoms with Crippen molar-refractivity contribution >= 4 is 0 Å². The van der Waals surface area contributed by atoms with E-state index in [9.17, 15) is 0 Å². The van der Waals surface area contributed by atoms with Crippen LogP contribution in [0.2, 0.25) is 0 Å². The highest BCUT2D eigenvalue weighted by molar-refractivity contribution is 5.06. The summed E-state index contributed by atoms with van der Waals surface area (Å²) in [6.07, 6.45) is 11.7. The number of hydrogen-bond acceptors (Lipinski definition) is 2. The predicted octanol–water partition coefficient (Wildman–Crippen LogP) is 3.65. The first-order chi connectivity index (χ1) is 9.94. The van der Waals surface area contributed by atoms with E-state index in [1.807, 2.05) is 0 Å². The summed E-state index contributed by atoms with van der Waals surface area (Å²) in [4.78, 5) is 2.68. The molecule has 5 fully saturated rings. The quantitative estimate of drug-likeness (QED) is 0.859. The zero-order valence-corrected chi connectivity index (χ0v) is 14.1.